The molecule has 0 amide bonds. The Hall–Kier alpha value is -0.740. The molecule has 0 aromatic heterocycles. The summed E-state index contributed by atoms with van der Waals surface area (Å²) in [7, 11) is 0. The van der Waals surface area contributed by atoms with Crippen molar-refractivity contribution in [1.82, 2.24) is 5.32 Å². The second-order valence-electron chi connectivity index (χ2n) is 4.71. The lowest BCUT2D eigenvalue weighted by Gasteiger charge is -2.18. The molecule has 0 spiro atoms. The van der Waals surface area contributed by atoms with Crippen molar-refractivity contribution >= 4 is 34.8 Å². The van der Waals surface area contributed by atoms with Gasteiger partial charge in [0, 0.05) is 22.7 Å². The fraction of sp³-hybridized carbons (Fsp3) is 0.462. The van der Waals surface area contributed by atoms with Crippen LogP contribution in [0.1, 0.15) is 20.8 Å². The molecule has 2 N–H and O–H groups in total. The second kappa shape index (κ2) is 6.87. The van der Waals surface area contributed by atoms with Crippen LogP contribution in [0.5, 0.6) is 0 Å². The molecule has 17 heavy (non-hydrogen) atoms. The number of anilines is 1. The van der Waals surface area contributed by atoms with E-state index in [1.54, 1.807) is 0 Å². The quantitative estimate of drug-likeness (QED) is 0.644. The first-order valence-corrected chi connectivity index (χ1v) is 7.11. The third-order valence-corrected chi connectivity index (χ3v) is 3.48. The summed E-state index contributed by atoms with van der Waals surface area (Å²) in [5, 5.41) is 7.04. The fourth-order valence-corrected chi connectivity index (χ4v) is 2.25. The van der Waals surface area contributed by atoms with E-state index in [4.69, 9.17) is 12.2 Å². The van der Waals surface area contributed by atoms with Gasteiger partial charge in [0.25, 0.3) is 0 Å². The van der Waals surface area contributed by atoms with Crippen LogP contribution in [0.15, 0.2) is 30.3 Å². The van der Waals surface area contributed by atoms with Gasteiger partial charge in [-0.2, -0.15) is 11.8 Å². The van der Waals surface area contributed by atoms with E-state index in [-0.39, 0.29) is 0 Å². The Labute approximate surface area is 114 Å². The highest BCUT2D eigenvalue weighted by molar-refractivity contribution is 8.00. The van der Waals surface area contributed by atoms with Crippen molar-refractivity contribution in [3.8, 4) is 0 Å². The summed E-state index contributed by atoms with van der Waals surface area (Å²) in [4.78, 5) is 0. The maximum Gasteiger partial charge on any atom is 0.170 e. The first kappa shape index (κ1) is 14.3. The van der Waals surface area contributed by atoms with Gasteiger partial charge >= 0.3 is 0 Å². The Bertz CT molecular complexity index is 344. The molecule has 2 nitrogen and oxygen atoms in total. The van der Waals surface area contributed by atoms with E-state index in [2.05, 4.69) is 31.4 Å². The standard InChI is InChI=1S/C13H20N2S2/c1-13(2,3)17-10-9-14-12(16)15-11-7-5-4-6-8-11/h4-8H,9-10H2,1-3H3,(H2,14,15,16). The lowest BCUT2D eigenvalue weighted by molar-refractivity contribution is 0.800. The minimum absolute atomic E-state index is 0.316. The van der Waals surface area contributed by atoms with Gasteiger partial charge in [0.15, 0.2) is 5.11 Å². The van der Waals surface area contributed by atoms with Gasteiger partial charge in [-0.1, -0.05) is 39.0 Å². The zero-order chi connectivity index (χ0) is 12.7. The highest BCUT2D eigenvalue weighted by Crippen LogP contribution is 2.21. The van der Waals surface area contributed by atoms with Gasteiger partial charge in [-0.3, -0.25) is 0 Å². The summed E-state index contributed by atoms with van der Waals surface area (Å²) in [6.45, 7) is 7.55. The molecule has 1 aromatic carbocycles. The minimum atomic E-state index is 0.316. The highest BCUT2D eigenvalue weighted by Gasteiger charge is 2.09. The van der Waals surface area contributed by atoms with Crippen LogP contribution < -0.4 is 10.6 Å². The zero-order valence-corrected chi connectivity index (χ0v) is 12.3. The molecule has 0 unspecified atom stereocenters. The Morgan fingerprint density at radius 3 is 2.47 bits per heavy atom. The maximum atomic E-state index is 5.21. The number of thiocarbonyl (C=S) groups is 1. The van der Waals surface area contributed by atoms with E-state index in [0.717, 1.165) is 18.0 Å². The molecule has 1 rings (SSSR count). The predicted molar refractivity (Wildman–Crippen MR) is 82.9 cm³/mol. The summed E-state index contributed by atoms with van der Waals surface area (Å²) in [6.07, 6.45) is 0. The van der Waals surface area contributed by atoms with Crippen molar-refractivity contribution in [3.63, 3.8) is 0 Å². The summed E-state index contributed by atoms with van der Waals surface area (Å²) < 4.78 is 0.316. The molecule has 0 bridgehead atoms. The number of thioether (sulfide) groups is 1. The van der Waals surface area contributed by atoms with Crippen LogP contribution in [0.2, 0.25) is 0 Å². The van der Waals surface area contributed by atoms with E-state index in [0.29, 0.717) is 9.86 Å². The summed E-state index contributed by atoms with van der Waals surface area (Å²) in [6, 6.07) is 9.96. The van der Waals surface area contributed by atoms with Gasteiger partial charge < -0.3 is 10.6 Å². The number of benzene rings is 1. The molecule has 0 aliphatic heterocycles. The number of para-hydroxylation sites is 1. The molecular weight excluding hydrogens is 248 g/mol. The molecule has 0 aliphatic carbocycles. The van der Waals surface area contributed by atoms with E-state index >= 15 is 0 Å². The predicted octanol–water partition coefficient (Wildman–Crippen LogP) is 3.50. The molecule has 0 saturated heterocycles. The van der Waals surface area contributed by atoms with Gasteiger partial charge in [-0.15, -0.1) is 0 Å². The van der Waals surface area contributed by atoms with Crippen molar-refractivity contribution in [2.45, 2.75) is 25.5 Å². The van der Waals surface area contributed by atoms with E-state index in [1.807, 2.05) is 42.1 Å². The summed E-state index contributed by atoms with van der Waals surface area (Å²) >= 11 is 7.14. The van der Waals surface area contributed by atoms with Crippen LogP contribution in [0, 0.1) is 0 Å². The molecule has 0 atom stereocenters. The summed E-state index contributed by atoms with van der Waals surface area (Å²) in [5.74, 6) is 1.06. The van der Waals surface area contributed by atoms with Crippen LogP contribution in [-0.2, 0) is 0 Å². The number of nitrogens with one attached hydrogen (secondary N) is 2. The highest BCUT2D eigenvalue weighted by atomic mass is 32.2. The number of hydrogen-bond acceptors (Lipinski definition) is 2. The molecule has 94 valence electrons. The Kier molecular flexibility index (Phi) is 5.78. The molecule has 0 saturated carbocycles. The minimum Gasteiger partial charge on any atom is -0.362 e. The second-order valence-corrected chi connectivity index (χ2v) is 7.04. The monoisotopic (exact) mass is 268 g/mol. The van der Waals surface area contributed by atoms with Crippen LogP contribution in [0.3, 0.4) is 0 Å². The molecule has 4 heteroatoms. The van der Waals surface area contributed by atoms with Gasteiger partial charge in [-0.05, 0) is 24.4 Å². The van der Waals surface area contributed by atoms with E-state index in [1.165, 1.54) is 0 Å². The fourth-order valence-electron chi connectivity index (χ4n) is 1.22. The zero-order valence-electron chi connectivity index (χ0n) is 10.6. The lowest BCUT2D eigenvalue weighted by atomic mass is 10.3. The average Bonchev–Trinajstić information content (AvgIpc) is 2.25. The molecule has 0 heterocycles. The van der Waals surface area contributed by atoms with Crippen LogP contribution in [0.4, 0.5) is 5.69 Å². The van der Waals surface area contributed by atoms with Gasteiger partial charge in [0.05, 0.1) is 0 Å². The topological polar surface area (TPSA) is 24.1 Å². The average molecular weight is 268 g/mol. The Balaban J connectivity index is 2.18. The Morgan fingerprint density at radius 1 is 1.24 bits per heavy atom. The number of hydrogen-bond donors (Lipinski definition) is 2. The van der Waals surface area contributed by atoms with E-state index < -0.39 is 0 Å². The van der Waals surface area contributed by atoms with Gasteiger partial charge in [0.2, 0.25) is 0 Å². The lowest BCUT2D eigenvalue weighted by Crippen LogP contribution is -2.30. The SMILES string of the molecule is CC(C)(C)SCCNC(=S)Nc1ccccc1. The van der Waals surface area contributed by atoms with Crippen molar-refractivity contribution < 1.29 is 0 Å². The molecule has 0 fully saturated rings. The van der Waals surface area contributed by atoms with Crippen LogP contribution in [-0.4, -0.2) is 22.2 Å². The molecular formula is C13H20N2S2. The van der Waals surface area contributed by atoms with E-state index in [9.17, 15) is 0 Å². The third-order valence-electron chi connectivity index (χ3n) is 1.95. The van der Waals surface area contributed by atoms with Gasteiger partial charge in [-0.25, -0.2) is 0 Å². The first-order valence-electron chi connectivity index (χ1n) is 5.71. The van der Waals surface area contributed by atoms with Crippen LogP contribution >= 0.6 is 24.0 Å². The maximum absolute atomic E-state index is 5.21. The van der Waals surface area contributed by atoms with Gasteiger partial charge in [0.1, 0.15) is 0 Å². The Morgan fingerprint density at radius 2 is 1.88 bits per heavy atom. The normalized spacial score (nSPS) is 11.0. The first-order chi connectivity index (χ1) is 7.97. The third kappa shape index (κ3) is 7.23. The van der Waals surface area contributed by atoms with Crippen molar-refractivity contribution in [2.24, 2.45) is 0 Å². The van der Waals surface area contributed by atoms with Crippen molar-refractivity contribution in [2.75, 3.05) is 17.6 Å². The van der Waals surface area contributed by atoms with Crippen molar-refractivity contribution in [3.05, 3.63) is 30.3 Å². The largest absolute Gasteiger partial charge is 0.362 e. The molecule has 0 radical (unpaired) electrons. The number of rotatable bonds is 4. The van der Waals surface area contributed by atoms with Crippen molar-refractivity contribution in [1.29, 1.82) is 0 Å². The summed E-state index contributed by atoms with van der Waals surface area (Å²) in [5.41, 5.74) is 1.02. The molecule has 1 aromatic rings. The van der Waals surface area contributed by atoms with Crippen LogP contribution in [0.25, 0.3) is 0 Å². The molecule has 0 aliphatic rings. The smallest absolute Gasteiger partial charge is 0.170 e.